The van der Waals surface area contributed by atoms with Gasteiger partial charge in [0.05, 0.1) is 19.7 Å². The molecule has 4 N–H and O–H groups in total. The maximum Gasteiger partial charge on any atom is 0.296 e. The topological polar surface area (TPSA) is 146 Å². The van der Waals surface area contributed by atoms with Crippen LogP contribution in [0.4, 0.5) is 11.5 Å². The lowest BCUT2D eigenvalue weighted by molar-refractivity contribution is 0.355. The van der Waals surface area contributed by atoms with Crippen molar-refractivity contribution in [1.82, 2.24) is 19.6 Å². The van der Waals surface area contributed by atoms with Gasteiger partial charge in [-0.05, 0) is 23.8 Å². The molecule has 0 unspecified atom stereocenters. The Labute approximate surface area is 172 Å². The van der Waals surface area contributed by atoms with Gasteiger partial charge in [-0.3, -0.25) is 9.12 Å². The quantitative estimate of drug-likeness (QED) is 0.401. The van der Waals surface area contributed by atoms with Gasteiger partial charge >= 0.3 is 0 Å². The molecule has 0 aliphatic heterocycles. The van der Waals surface area contributed by atoms with Gasteiger partial charge in [0, 0.05) is 23.7 Å². The minimum atomic E-state index is -3.81. The van der Waals surface area contributed by atoms with Gasteiger partial charge in [-0.1, -0.05) is 12.1 Å². The molecule has 11 nitrogen and oxygen atoms in total. The van der Waals surface area contributed by atoms with Crippen LogP contribution in [-0.2, 0) is 16.8 Å². The average molecular weight is 429 g/mol. The first-order chi connectivity index (χ1) is 14.4. The minimum Gasteiger partial charge on any atom is -0.493 e. The van der Waals surface area contributed by atoms with E-state index in [9.17, 15) is 8.42 Å². The molecule has 4 aromatic rings. The maximum atomic E-state index is 11.1. The molecule has 156 valence electrons. The van der Waals surface area contributed by atoms with Crippen LogP contribution in [0.25, 0.3) is 16.7 Å². The molecular formula is C18H19N7O4S. The summed E-state index contributed by atoms with van der Waals surface area (Å²) in [5, 5.41) is 17.0. The molecule has 12 heteroatoms. The van der Waals surface area contributed by atoms with Gasteiger partial charge < -0.3 is 14.8 Å². The standard InChI is InChI=1S/C18H19N7O4S/c1-28-15-7-13-14(8-16(15)29-2)25-10-21-23-18(25)22-17(13)20-9-11-3-5-12(6-4-11)24-30(19,26)27/h3-8,10,24H,9H2,1-2H3,(H2,19,26,27)(H,20,22,23). The number of nitrogens with two attached hydrogens (primary N) is 1. The normalized spacial score (nSPS) is 11.6. The van der Waals surface area contributed by atoms with Gasteiger partial charge in [-0.2, -0.15) is 13.4 Å². The molecule has 0 spiro atoms. The summed E-state index contributed by atoms with van der Waals surface area (Å²) in [6.45, 7) is 0.441. The molecule has 0 saturated heterocycles. The lowest BCUT2D eigenvalue weighted by Gasteiger charge is -2.14. The summed E-state index contributed by atoms with van der Waals surface area (Å²) >= 11 is 0. The highest BCUT2D eigenvalue weighted by Gasteiger charge is 2.14. The number of aromatic nitrogens is 4. The molecule has 2 aromatic heterocycles. The Morgan fingerprint density at radius 3 is 2.47 bits per heavy atom. The van der Waals surface area contributed by atoms with E-state index < -0.39 is 10.2 Å². The molecule has 2 aromatic carbocycles. The molecule has 30 heavy (non-hydrogen) atoms. The van der Waals surface area contributed by atoms with E-state index in [-0.39, 0.29) is 0 Å². The third kappa shape index (κ3) is 3.90. The van der Waals surface area contributed by atoms with Crippen molar-refractivity contribution < 1.29 is 17.9 Å². The predicted octanol–water partition coefficient (Wildman–Crippen LogP) is 1.52. The third-order valence-electron chi connectivity index (χ3n) is 4.43. The Hall–Kier alpha value is -3.64. The van der Waals surface area contributed by atoms with E-state index in [2.05, 4.69) is 25.2 Å². The van der Waals surface area contributed by atoms with Crippen LogP contribution in [-0.4, -0.2) is 42.2 Å². The van der Waals surface area contributed by atoms with E-state index >= 15 is 0 Å². The zero-order valence-corrected chi connectivity index (χ0v) is 17.0. The number of hydrogen-bond acceptors (Lipinski definition) is 8. The summed E-state index contributed by atoms with van der Waals surface area (Å²) in [6, 6.07) is 10.5. The fourth-order valence-electron chi connectivity index (χ4n) is 3.07. The van der Waals surface area contributed by atoms with E-state index in [1.165, 1.54) is 0 Å². The molecule has 0 aliphatic rings. The van der Waals surface area contributed by atoms with E-state index in [4.69, 9.17) is 14.6 Å². The first kappa shape index (κ1) is 19.7. The van der Waals surface area contributed by atoms with Crippen molar-refractivity contribution >= 4 is 38.4 Å². The highest BCUT2D eigenvalue weighted by Crippen LogP contribution is 2.35. The highest BCUT2D eigenvalue weighted by molar-refractivity contribution is 7.90. The minimum absolute atomic E-state index is 0.381. The molecule has 0 atom stereocenters. The maximum absolute atomic E-state index is 11.1. The third-order valence-corrected chi connectivity index (χ3v) is 4.95. The summed E-state index contributed by atoms with van der Waals surface area (Å²) in [5.41, 5.74) is 2.09. The van der Waals surface area contributed by atoms with Crippen molar-refractivity contribution in [2.24, 2.45) is 5.14 Å². The molecule has 0 saturated carbocycles. The van der Waals surface area contributed by atoms with Crippen molar-refractivity contribution in [3.8, 4) is 11.5 Å². The number of methoxy groups -OCH3 is 2. The van der Waals surface area contributed by atoms with E-state index in [0.717, 1.165) is 16.5 Å². The summed E-state index contributed by atoms with van der Waals surface area (Å²) in [4.78, 5) is 4.55. The van der Waals surface area contributed by atoms with E-state index in [1.807, 2.05) is 12.1 Å². The number of anilines is 2. The lowest BCUT2D eigenvalue weighted by Crippen LogP contribution is -2.21. The van der Waals surface area contributed by atoms with Crippen molar-refractivity contribution in [2.45, 2.75) is 6.54 Å². The number of fused-ring (bicyclic) bond motifs is 3. The Balaban J connectivity index is 1.68. The number of hydrogen-bond donors (Lipinski definition) is 3. The number of nitrogens with one attached hydrogen (secondary N) is 2. The van der Waals surface area contributed by atoms with Crippen LogP contribution in [0, 0.1) is 0 Å². The summed E-state index contributed by atoms with van der Waals surface area (Å²) in [5.74, 6) is 2.18. The first-order valence-electron chi connectivity index (χ1n) is 8.77. The zero-order valence-electron chi connectivity index (χ0n) is 16.2. The summed E-state index contributed by atoms with van der Waals surface area (Å²) in [6.07, 6.45) is 1.58. The molecule has 0 radical (unpaired) electrons. The molecule has 4 rings (SSSR count). The Bertz CT molecular complexity index is 1320. The van der Waals surface area contributed by atoms with Crippen LogP contribution in [0.3, 0.4) is 0 Å². The van der Waals surface area contributed by atoms with Gasteiger partial charge in [0.25, 0.3) is 16.0 Å². The predicted molar refractivity (Wildman–Crippen MR) is 112 cm³/mol. The van der Waals surface area contributed by atoms with Crippen LogP contribution in [0.15, 0.2) is 42.7 Å². The number of ether oxygens (including phenoxy) is 2. The zero-order chi connectivity index (χ0) is 21.3. The molecule has 2 heterocycles. The molecular weight excluding hydrogens is 410 g/mol. The van der Waals surface area contributed by atoms with Gasteiger partial charge in [0.1, 0.15) is 12.1 Å². The number of nitrogens with zero attached hydrogens (tertiary/aromatic N) is 4. The second-order valence-corrected chi connectivity index (χ2v) is 7.68. The number of benzene rings is 2. The van der Waals surface area contributed by atoms with Crippen molar-refractivity contribution in [1.29, 1.82) is 0 Å². The Morgan fingerprint density at radius 2 is 1.80 bits per heavy atom. The molecule has 0 bridgehead atoms. The van der Waals surface area contributed by atoms with Crippen LogP contribution < -0.4 is 24.7 Å². The van der Waals surface area contributed by atoms with Crippen LogP contribution >= 0.6 is 0 Å². The largest absolute Gasteiger partial charge is 0.493 e. The van der Waals surface area contributed by atoms with Crippen LogP contribution in [0.2, 0.25) is 0 Å². The lowest BCUT2D eigenvalue weighted by atomic mass is 10.2. The fourth-order valence-corrected chi connectivity index (χ4v) is 3.53. The second-order valence-electron chi connectivity index (χ2n) is 6.38. The van der Waals surface area contributed by atoms with E-state index in [1.54, 1.807) is 49.2 Å². The van der Waals surface area contributed by atoms with Gasteiger partial charge in [-0.15, -0.1) is 10.2 Å². The average Bonchev–Trinajstić information content (AvgIpc) is 3.19. The molecule has 0 amide bonds. The van der Waals surface area contributed by atoms with Gasteiger partial charge in [0.15, 0.2) is 11.5 Å². The Morgan fingerprint density at radius 1 is 1.10 bits per heavy atom. The number of rotatable bonds is 7. The van der Waals surface area contributed by atoms with Crippen molar-refractivity contribution in [2.75, 3.05) is 24.3 Å². The second kappa shape index (κ2) is 7.65. The fraction of sp³-hybridized carbons (Fsp3) is 0.167. The molecule has 0 fully saturated rings. The molecule has 0 aliphatic carbocycles. The smallest absolute Gasteiger partial charge is 0.296 e. The van der Waals surface area contributed by atoms with Gasteiger partial charge in [-0.25, -0.2) is 5.14 Å². The monoisotopic (exact) mass is 429 g/mol. The summed E-state index contributed by atoms with van der Waals surface area (Å²) < 4.78 is 37.0. The first-order valence-corrected chi connectivity index (χ1v) is 10.3. The van der Waals surface area contributed by atoms with Crippen LogP contribution in [0.1, 0.15) is 5.56 Å². The Kier molecular flexibility index (Phi) is 5.01. The van der Waals surface area contributed by atoms with Crippen molar-refractivity contribution in [3.05, 3.63) is 48.3 Å². The SMILES string of the molecule is COc1cc2c(NCc3ccc(NS(N)(=O)=O)cc3)nc3nncn3c2cc1OC. The van der Waals surface area contributed by atoms with Gasteiger partial charge in [0.2, 0.25) is 0 Å². The highest BCUT2D eigenvalue weighted by atomic mass is 32.2. The van der Waals surface area contributed by atoms with Crippen molar-refractivity contribution in [3.63, 3.8) is 0 Å². The van der Waals surface area contributed by atoms with Crippen LogP contribution in [0.5, 0.6) is 11.5 Å². The van der Waals surface area contributed by atoms with E-state index in [0.29, 0.717) is 35.3 Å². The summed E-state index contributed by atoms with van der Waals surface area (Å²) in [7, 11) is -0.671.